The molecule has 2 rings (SSSR count). The summed E-state index contributed by atoms with van der Waals surface area (Å²) in [5.74, 6) is 0. The standard InChI is InChI=1S/C13H19F3N2S/c1-2-10-3-4-12(19-10)11(9-13(14,15)16)18-7-5-17-6-8-18/h3-4,11,17H,2,5-9H2,1H3/t11-/m1/s1. The zero-order chi connectivity index (χ0) is 13.9. The van der Waals surface area contributed by atoms with E-state index in [2.05, 4.69) is 5.32 Å². The number of rotatable bonds is 4. The van der Waals surface area contributed by atoms with Crippen molar-refractivity contribution in [3.8, 4) is 0 Å². The van der Waals surface area contributed by atoms with Gasteiger partial charge in [0.1, 0.15) is 0 Å². The van der Waals surface area contributed by atoms with E-state index in [9.17, 15) is 13.2 Å². The van der Waals surface area contributed by atoms with Gasteiger partial charge in [-0.3, -0.25) is 4.90 Å². The second kappa shape index (κ2) is 6.24. The van der Waals surface area contributed by atoms with Crippen LogP contribution in [0.1, 0.15) is 29.1 Å². The first kappa shape index (κ1) is 14.8. The highest BCUT2D eigenvalue weighted by Gasteiger charge is 2.36. The highest BCUT2D eigenvalue weighted by Crippen LogP contribution is 2.37. The normalized spacial score (nSPS) is 19.6. The zero-order valence-electron chi connectivity index (χ0n) is 11.0. The Kier molecular flexibility index (Phi) is 4.86. The number of nitrogens with one attached hydrogen (secondary N) is 1. The van der Waals surface area contributed by atoms with Crippen molar-refractivity contribution >= 4 is 11.3 Å². The van der Waals surface area contributed by atoms with E-state index in [-0.39, 0.29) is 0 Å². The molecule has 0 unspecified atom stereocenters. The van der Waals surface area contributed by atoms with Gasteiger partial charge in [-0.25, -0.2) is 0 Å². The van der Waals surface area contributed by atoms with Crippen LogP contribution in [0, 0.1) is 0 Å². The van der Waals surface area contributed by atoms with Crippen LogP contribution in [-0.4, -0.2) is 37.3 Å². The maximum atomic E-state index is 12.8. The number of nitrogens with zero attached hydrogens (tertiary/aromatic N) is 1. The Morgan fingerprint density at radius 1 is 1.32 bits per heavy atom. The van der Waals surface area contributed by atoms with Crippen LogP contribution in [-0.2, 0) is 6.42 Å². The molecule has 19 heavy (non-hydrogen) atoms. The number of hydrogen-bond acceptors (Lipinski definition) is 3. The maximum absolute atomic E-state index is 12.8. The maximum Gasteiger partial charge on any atom is 0.390 e. The molecule has 0 aromatic carbocycles. The lowest BCUT2D eigenvalue weighted by molar-refractivity contribution is -0.148. The number of piperazine rings is 1. The predicted octanol–water partition coefficient (Wildman–Crippen LogP) is 3.21. The SMILES string of the molecule is CCc1ccc([C@@H](CC(F)(F)F)N2CCNCC2)s1. The third-order valence-corrected chi connectivity index (χ3v) is 4.71. The third-order valence-electron chi connectivity index (χ3n) is 3.38. The molecule has 0 amide bonds. The summed E-state index contributed by atoms with van der Waals surface area (Å²) in [4.78, 5) is 3.95. The van der Waals surface area contributed by atoms with Crippen LogP contribution < -0.4 is 5.32 Å². The van der Waals surface area contributed by atoms with Crippen molar-refractivity contribution in [1.82, 2.24) is 10.2 Å². The molecule has 2 nitrogen and oxygen atoms in total. The smallest absolute Gasteiger partial charge is 0.314 e. The van der Waals surface area contributed by atoms with Gasteiger partial charge in [0.05, 0.1) is 12.5 Å². The molecule has 1 aliphatic rings. The van der Waals surface area contributed by atoms with Crippen molar-refractivity contribution in [3.05, 3.63) is 21.9 Å². The fraction of sp³-hybridized carbons (Fsp3) is 0.692. The Bertz CT molecular complexity index is 397. The minimum absolute atomic E-state index is 0.521. The first-order valence-electron chi connectivity index (χ1n) is 6.59. The van der Waals surface area contributed by atoms with Crippen LogP contribution in [0.4, 0.5) is 13.2 Å². The topological polar surface area (TPSA) is 15.3 Å². The molecule has 1 atom stereocenters. The highest BCUT2D eigenvalue weighted by atomic mass is 32.1. The van der Waals surface area contributed by atoms with Gasteiger partial charge in [0.25, 0.3) is 0 Å². The van der Waals surface area contributed by atoms with Gasteiger partial charge in [0, 0.05) is 35.9 Å². The van der Waals surface area contributed by atoms with Crippen LogP contribution in [0.2, 0.25) is 0 Å². The summed E-state index contributed by atoms with van der Waals surface area (Å²) in [6.07, 6.45) is -3.99. The van der Waals surface area contributed by atoms with Crippen molar-refractivity contribution < 1.29 is 13.2 Å². The molecular formula is C13H19F3N2S. The minimum atomic E-state index is -4.12. The van der Waals surface area contributed by atoms with Gasteiger partial charge in [-0.05, 0) is 18.6 Å². The van der Waals surface area contributed by atoms with E-state index in [1.54, 1.807) is 0 Å². The van der Waals surface area contributed by atoms with Crippen molar-refractivity contribution in [2.24, 2.45) is 0 Å². The molecular weight excluding hydrogens is 273 g/mol. The highest BCUT2D eigenvalue weighted by molar-refractivity contribution is 7.12. The van der Waals surface area contributed by atoms with E-state index >= 15 is 0 Å². The summed E-state index contributed by atoms with van der Waals surface area (Å²) < 4.78 is 38.4. The summed E-state index contributed by atoms with van der Waals surface area (Å²) in [6, 6.07) is 3.29. The van der Waals surface area contributed by atoms with Crippen molar-refractivity contribution in [2.45, 2.75) is 32.0 Å². The largest absolute Gasteiger partial charge is 0.390 e. The summed E-state index contributed by atoms with van der Waals surface area (Å²) >= 11 is 1.51. The Hall–Kier alpha value is -0.590. The van der Waals surface area contributed by atoms with Crippen LogP contribution in [0.15, 0.2) is 12.1 Å². The van der Waals surface area contributed by atoms with Gasteiger partial charge in [-0.2, -0.15) is 13.2 Å². The molecule has 1 saturated heterocycles. The lowest BCUT2D eigenvalue weighted by Gasteiger charge is -2.34. The van der Waals surface area contributed by atoms with E-state index in [4.69, 9.17) is 0 Å². The zero-order valence-corrected chi connectivity index (χ0v) is 11.8. The van der Waals surface area contributed by atoms with Crippen molar-refractivity contribution in [3.63, 3.8) is 0 Å². The Labute approximate surface area is 115 Å². The first-order valence-corrected chi connectivity index (χ1v) is 7.41. The van der Waals surface area contributed by atoms with Gasteiger partial charge >= 0.3 is 6.18 Å². The molecule has 108 valence electrons. The molecule has 1 aromatic heterocycles. The average molecular weight is 292 g/mol. The summed E-state index contributed by atoms with van der Waals surface area (Å²) in [6.45, 7) is 4.92. The molecule has 2 heterocycles. The number of aryl methyl sites for hydroxylation is 1. The molecule has 1 fully saturated rings. The molecule has 0 radical (unpaired) electrons. The molecule has 1 N–H and O–H groups in total. The van der Waals surface area contributed by atoms with E-state index in [1.807, 2.05) is 24.0 Å². The van der Waals surface area contributed by atoms with E-state index in [0.717, 1.165) is 29.3 Å². The number of alkyl halides is 3. The molecule has 0 aliphatic carbocycles. The second-order valence-electron chi connectivity index (χ2n) is 4.78. The van der Waals surface area contributed by atoms with Crippen LogP contribution in [0.5, 0.6) is 0 Å². The minimum Gasteiger partial charge on any atom is -0.314 e. The van der Waals surface area contributed by atoms with Crippen LogP contribution in [0.25, 0.3) is 0 Å². The van der Waals surface area contributed by atoms with Crippen molar-refractivity contribution in [2.75, 3.05) is 26.2 Å². The lowest BCUT2D eigenvalue weighted by atomic mass is 10.1. The van der Waals surface area contributed by atoms with Crippen LogP contribution in [0.3, 0.4) is 0 Å². The van der Waals surface area contributed by atoms with E-state index in [1.165, 1.54) is 11.3 Å². The molecule has 6 heteroatoms. The van der Waals surface area contributed by atoms with Gasteiger partial charge in [0.15, 0.2) is 0 Å². The van der Waals surface area contributed by atoms with Gasteiger partial charge in [-0.15, -0.1) is 11.3 Å². The summed E-state index contributed by atoms with van der Waals surface area (Å²) in [5.41, 5.74) is 0. The second-order valence-corrected chi connectivity index (χ2v) is 5.98. The number of hydrogen-bond donors (Lipinski definition) is 1. The monoisotopic (exact) mass is 292 g/mol. The fourth-order valence-electron chi connectivity index (χ4n) is 2.39. The lowest BCUT2D eigenvalue weighted by Crippen LogP contribution is -2.45. The summed E-state index contributed by atoms with van der Waals surface area (Å²) in [7, 11) is 0. The quantitative estimate of drug-likeness (QED) is 0.916. The number of halogens is 3. The first-order chi connectivity index (χ1) is 8.99. The number of thiophene rings is 1. The third kappa shape index (κ3) is 4.19. The van der Waals surface area contributed by atoms with Gasteiger partial charge in [-0.1, -0.05) is 6.92 Å². The summed E-state index contributed by atoms with van der Waals surface area (Å²) in [5, 5.41) is 3.18. The Morgan fingerprint density at radius 3 is 2.53 bits per heavy atom. The molecule has 0 spiro atoms. The van der Waals surface area contributed by atoms with Crippen molar-refractivity contribution in [1.29, 1.82) is 0 Å². The molecule has 0 saturated carbocycles. The Morgan fingerprint density at radius 2 is 2.00 bits per heavy atom. The predicted molar refractivity (Wildman–Crippen MR) is 71.6 cm³/mol. The Balaban J connectivity index is 2.17. The fourth-order valence-corrected chi connectivity index (χ4v) is 3.47. The van der Waals surface area contributed by atoms with Crippen LogP contribution >= 0.6 is 11.3 Å². The van der Waals surface area contributed by atoms with E-state index < -0.39 is 18.6 Å². The molecule has 0 bridgehead atoms. The van der Waals surface area contributed by atoms with E-state index in [0.29, 0.717) is 13.1 Å². The van der Waals surface area contributed by atoms with Gasteiger partial charge in [0.2, 0.25) is 0 Å². The molecule has 1 aliphatic heterocycles. The van der Waals surface area contributed by atoms with Gasteiger partial charge < -0.3 is 5.32 Å². The average Bonchev–Trinajstić information content (AvgIpc) is 2.84. The molecule has 1 aromatic rings.